The van der Waals surface area contributed by atoms with Crippen molar-refractivity contribution >= 4 is 21.7 Å². The molecule has 1 saturated heterocycles. The number of halogens is 3. The minimum absolute atomic E-state index is 0.289. The molecule has 1 heterocycles. The first-order valence-corrected chi connectivity index (χ1v) is 17.1. The van der Waals surface area contributed by atoms with Crippen molar-refractivity contribution in [1.29, 1.82) is 0 Å². The summed E-state index contributed by atoms with van der Waals surface area (Å²) in [4.78, 5) is 5.59. The Morgan fingerprint density at radius 3 is 2.35 bits per heavy atom. The predicted octanol–water partition coefficient (Wildman–Crippen LogP) is 9.43. The lowest BCUT2D eigenvalue weighted by molar-refractivity contribution is -0.274. The molecule has 5 rings (SSSR count). The molecule has 0 amide bonds. The van der Waals surface area contributed by atoms with Crippen LogP contribution in [0.3, 0.4) is 0 Å². The van der Waals surface area contributed by atoms with Crippen LogP contribution in [0.2, 0.25) is 0 Å². The van der Waals surface area contributed by atoms with E-state index in [1.807, 2.05) is 6.07 Å². The van der Waals surface area contributed by atoms with Gasteiger partial charge in [0.15, 0.2) is 0 Å². The topological polar surface area (TPSA) is 28.2 Å². The Morgan fingerprint density at radius 1 is 0.935 bits per heavy atom. The zero-order chi connectivity index (χ0) is 32.7. The van der Waals surface area contributed by atoms with E-state index in [-0.39, 0.29) is 22.2 Å². The highest BCUT2D eigenvalue weighted by atomic mass is 32.2. The molecule has 46 heavy (non-hydrogen) atoms. The van der Waals surface area contributed by atoms with Gasteiger partial charge < -0.3 is 19.3 Å². The van der Waals surface area contributed by atoms with Gasteiger partial charge in [0, 0.05) is 50.5 Å². The number of ether oxygens (including phenoxy) is 2. The van der Waals surface area contributed by atoms with E-state index in [1.54, 1.807) is 6.07 Å². The quantitative estimate of drug-likeness (QED) is 0.182. The highest BCUT2D eigenvalue weighted by Crippen LogP contribution is 2.45. The number of allylic oxidation sites excluding steroid dienone is 2. The Morgan fingerprint density at radius 2 is 1.67 bits per heavy atom. The van der Waals surface area contributed by atoms with E-state index < -0.39 is 6.36 Å². The maximum atomic E-state index is 13.1. The fourth-order valence-electron chi connectivity index (χ4n) is 6.04. The zero-order valence-electron chi connectivity index (χ0n) is 27.1. The van der Waals surface area contributed by atoms with Crippen LogP contribution in [0, 0.1) is 5.92 Å². The number of rotatable bonds is 12. The summed E-state index contributed by atoms with van der Waals surface area (Å²) < 4.78 is 52.5. The van der Waals surface area contributed by atoms with Gasteiger partial charge in [0.25, 0.3) is 0 Å². The number of benzene rings is 3. The van der Waals surface area contributed by atoms with E-state index in [9.17, 15) is 13.2 Å². The van der Waals surface area contributed by atoms with Crippen LogP contribution in [-0.2, 0) is 13.1 Å². The van der Waals surface area contributed by atoms with Crippen molar-refractivity contribution in [3.8, 4) is 17.2 Å². The molecule has 0 radical (unpaired) electrons. The van der Waals surface area contributed by atoms with Gasteiger partial charge in [0.05, 0.1) is 4.90 Å². The van der Waals surface area contributed by atoms with Crippen LogP contribution in [0.25, 0.3) is 0 Å². The molecule has 0 N–H and O–H groups in total. The maximum absolute atomic E-state index is 13.1. The summed E-state index contributed by atoms with van der Waals surface area (Å²) >= 11 is 0. The minimum Gasteiger partial charge on any atom is -0.456 e. The van der Waals surface area contributed by atoms with Gasteiger partial charge in [0.2, 0.25) is 0 Å². The van der Waals surface area contributed by atoms with E-state index in [0.29, 0.717) is 24.8 Å². The van der Waals surface area contributed by atoms with Crippen molar-refractivity contribution in [2.45, 2.75) is 57.5 Å². The molecule has 246 valence electrons. The van der Waals surface area contributed by atoms with E-state index in [0.717, 1.165) is 49.5 Å². The van der Waals surface area contributed by atoms with E-state index in [1.165, 1.54) is 34.9 Å². The number of hydrogen-bond donors (Lipinski definition) is 0. The second-order valence-electron chi connectivity index (χ2n) is 12.2. The largest absolute Gasteiger partial charge is 0.573 e. The van der Waals surface area contributed by atoms with Gasteiger partial charge in [0.1, 0.15) is 17.2 Å². The van der Waals surface area contributed by atoms with Crippen molar-refractivity contribution in [3.63, 3.8) is 0 Å². The molecule has 0 saturated carbocycles. The third-order valence-electron chi connectivity index (χ3n) is 7.96. The lowest BCUT2D eigenvalue weighted by atomic mass is 9.97. The number of hydrogen-bond acceptors (Lipinski definition) is 5. The van der Waals surface area contributed by atoms with Crippen LogP contribution in [0.5, 0.6) is 17.2 Å². The van der Waals surface area contributed by atoms with Crippen molar-refractivity contribution in [1.82, 2.24) is 9.21 Å². The third-order valence-corrected chi connectivity index (χ3v) is 10.1. The van der Waals surface area contributed by atoms with Gasteiger partial charge in [-0.1, -0.05) is 72.2 Å². The summed E-state index contributed by atoms with van der Waals surface area (Å²) in [5.74, 6) is 1.08. The summed E-state index contributed by atoms with van der Waals surface area (Å²) in [6.45, 7) is 8.41. The normalized spacial score (nSPS) is 17.7. The Balaban J connectivity index is 1.65. The molecule has 0 bridgehead atoms. The fourth-order valence-corrected chi connectivity index (χ4v) is 8.09. The Bertz CT molecular complexity index is 1560. The lowest BCUT2D eigenvalue weighted by Crippen LogP contribution is -2.28. The van der Waals surface area contributed by atoms with Crippen LogP contribution in [-0.4, -0.2) is 54.7 Å². The molecule has 5 nitrogen and oxygen atoms in total. The van der Waals surface area contributed by atoms with E-state index in [2.05, 4.69) is 107 Å². The maximum Gasteiger partial charge on any atom is 0.573 e. The van der Waals surface area contributed by atoms with Crippen LogP contribution < -0.4 is 14.4 Å². The molecule has 9 heteroatoms. The standard InChI is InChI=1S/C37H44F3N3O2S/c1-5-46(43-19-9-10-20-43)36-22-31(27-41(3)4)34(24-35(36)44-32-17-12-18-33(23-32)45-37(38,39)40)42(25-29-14-7-6-8-15-29)26-30-16-11-13-28(2)21-30/h5-8,11-12,14-18,21-24,28H,9-10,13,19-20,25-27H2,1-4H3. The Labute approximate surface area is 274 Å². The lowest BCUT2D eigenvalue weighted by Gasteiger charge is -2.32. The molecular formula is C37H44F3N3O2S. The van der Waals surface area contributed by atoms with Crippen molar-refractivity contribution < 1.29 is 22.6 Å². The molecule has 1 aliphatic heterocycles. The first-order valence-electron chi connectivity index (χ1n) is 15.9. The monoisotopic (exact) mass is 651 g/mol. The molecule has 2 unspecified atom stereocenters. The molecule has 3 aromatic rings. The van der Waals surface area contributed by atoms with Gasteiger partial charge in [-0.2, -0.15) is 0 Å². The van der Waals surface area contributed by atoms with Gasteiger partial charge >= 0.3 is 6.36 Å². The van der Waals surface area contributed by atoms with Gasteiger partial charge in [-0.25, -0.2) is 0 Å². The minimum atomic E-state index is -4.79. The average molecular weight is 652 g/mol. The Kier molecular flexibility index (Phi) is 11.3. The van der Waals surface area contributed by atoms with Crippen molar-refractivity contribution in [3.05, 3.63) is 102 Å². The third kappa shape index (κ3) is 9.27. The second kappa shape index (κ2) is 15.4. The molecule has 0 aromatic heterocycles. The molecule has 1 aliphatic carbocycles. The smallest absolute Gasteiger partial charge is 0.456 e. The molecule has 1 fully saturated rings. The summed E-state index contributed by atoms with van der Waals surface area (Å²) in [6.07, 6.45) is 5.33. The molecule has 0 spiro atoms. The fraction of sp³-hybridized carbons (Fsp3) is 0.378. The average Bonchev–Trinajstić information content (AvgIpc) is 3.53. The molecular weight excluding hydrogens is 607 g/mol. The van der Waals surface area contributed by atoms with Crippen LogP contribution in [0.4, 0.5) is 18.9 Å². The number of alkyl halides is 3. The molecule has 3 aromatic carbocycles. The first-order chi connectivity index (χ1) is 22.1. The summed E-state index contributed by atoms with van der Waals surface area (Å²) in [7, 11) is 3.78. The first kappa shape index (κ1) is 33.8. The summed E-state index contributed by atoms with van der Waals surface area (Å²) in [5, 5.41) is 2.22. The highest BCUT2D eigenvalue weighted by Gasteiger charge is 2.31. The van der Waals surface area contributed by atoms with E-state index in [4.69, 9.17) is 4.74 Å². The SMILES string of the molecule is C/C=S(\c1cc(CN(C)C)c(N(CC2=CC(C)CC=C2)Cc2ccccc2)cc1Oc1cccc(OC(F)(F)F)c1)N1CCCC1. The number of anilines is 1. The predicted molar refractivity (Wildman–Crippen MR) is 184 cm³/mol. The zero-order valence-corrected chi connectivity index (χ0v) is 27.9. The number of nitrogens with zero attached hydrogens (tertiary/aromatic N) is 3. The van der Waals surface area contributed by atoms with Gasteiger partial charge in [-0.15, -0.1) is 13.2 Å². The Hall–Kier alpha value is -3.53. The second-order valence-corrected chi connectivity index (χ2v) is 14.2. The van der Waals surface area contributed by atoms with Crippen molar-refractivity contribution in [2.75, 3.05) is 38.6 Å². The molecule has 2 atom stereocenters. The molecule has 2 aliphatic rings. The van der Waals surface area contributed by atoms with Crippen LogP contribution in [0.15, 0.2) is 95.4 Å². The van der Waals surface area contributed by atoms with Crippen LogP contribution >= 0.6 is 10.7 Å². The summed E-state index contributed by atoms with van der Waals surface area (Å²) in [6, 6.07) is 20.6. The van der Waals surface area contributed by atoms with Gasteiger partial charge in [-0.3, -0.25) is 4.31 Å². The summed E-state index contributed by atoms with van der Waals surface area (Å²) in [5.41, 5.74) is 4.65. The van der Waals surface area contributed by atoms with Crippen LogP contribution in [0.1, 0.15) is 44.2 Å². The van der Waals surface area contributed by atoms with Crippen molar-refractivity contribution in [2.24, 2.45) is 5.92 Å². The van der Waals surface area contributed by atoms with Gasteiger partial charge in [-0.05, 0) is 86.5 Å². The highest BCUT2D eigenvalue weighted by molar-refractivity contribution is 8.13. The van der Waals surface area contributed by atoms with E-state index >= 15 is 0 Å².